The lowest BCUT2D eigenvalue weighted by molar-refractivity contribution is -0.138. The van der Waals surface area contributed by atoms with Gasteiger partial charge >= 0.3 is 12.1 Å². The van der Waals surface area contributed by atoms with E-state index >= 15 is 0 Å². The number of hydrogen-bond acceptors (Lipinski definition) is 3. The Labute approximate surface area is 105 Å². The molecule has 5 nitrogen and oxygen atoms in total. The molecular formula is C13H15NO4. The van der Waals surface area contributed by atoms with E-state index < -0.39 is 18.2 Å². The highest BCUT2D eigenvalue weighted by atomic mass is 16.6. The van der Waals surface area contributed by atoms with Crippen molar-refractivity contribution >= 4 is 12.1 Å². The zero-order valence-electron chi connectivity index (χ0n) is 10.1. The SMILES string of the molecule is Cc1cccc(CN2CC(CC(=O)O)OC2=O)c1. The maximum Gasteiger partial charge on any atom is 0.410 e. The van der Waals surface area contributed by atoms with E-state index in [0.29, 0.717) is 13.1 Å². The number of carboxylic acids is 1. The smallest absolute Gasteiger partial charge is 0.410 e. The van der Waals surface area contributed by atoms with E-state index in [1.165, 1.54) is 4.90 Å². The Morgan fingerprint density at radius 1 is 1.56 bits per heavy atom. The van der Waals surface area contributed by atoms with Gasteiger partial charge in [0.15, 0.2) is 0 Å². The van der Waals surface area contributed by atoms with Crippen molar-refractivity contribution in [2.24, 2.45) is 0 Å². The minimum atomic E-state index is -0.954. The molecule has 96 valence electrons. The average molecular weight is 249 g/mol. The van der Waals surface area contributed by atoms with Crippen LogP contribution in [0, 0.1) is 6.92 Å². The fourth-order valence-corrected chi connectivity index (χ4v) is 2.04. The topological polar surface area (TPSA) is 66.8 Å². The molecule has 18 heavy (non-hydrogen) atoms. The highest BCUT2D eigenvalue weighted by Crippen LogP contribution is 2.17. The summed E-state index contributed by atoms with van der Waals surface area (Å²) >= 11 is 0. The maximum absolute atomic E-state index is 11.6. The second-order valence-electron chi connectivity index (χ2n) is 4.47. The molecule has 0 aromatic heterocycles. The average Bonchev–Trinajstić information content (AvgIpc) is 2.58. The number of nitrogens with zero attached hydrogens (tertiary/aromatic N) is 1. The number of rotatable bonds is 4. The third-order valence-electron chi connectivity index (χ3n) is 2.81. The lowest BCUT2D eigenvalue weighted by Gasteiger charge is -2.12. The molecule has 1 aromatic carbocycles. The molecule has 0 radical (unpaired) electrons. The second kappa shape index (κ2) is 5.08. The molecule has 1 aliphatic heterocycles. The number of cyclic esters (lactones) is 1. The van der Waals surface area contributed by atoms with Gasteiger partial charge in [0, 0.05) is 6.54 Å². The Bertz CT molecular complexity index is 472. The second-order valence-corrected chi connectivity index (χ2v) is 4.47. The Morgan fingerprint density at radius 3 is 3.00 bits per heavy atom. The van der Waals surface area contributed by atoms with E-state index in [1.807, 2.05) is 31.2 Å². The van der Waals surface area contributed by atoms with Crippen LogP contribution in [0.4, 0.5) is 4.79 Å². The number of aliphatic carboxylic acids is 1. The van der Waals surface area contributed by atoms with Crippen molar-refractivity contribution in [1.82, 2.24) is 4.90 Å². The van der Waals surface area contributed by atoms with Gasteiger partial charge < -0.3 is 14.7 Å². The van der Waals surface area contributed by atoms with Crippen LogP contribution in [-0.2, 0) is 16.1 Å². The zero-order valence-corrected chi connectivity index (χ0v) is 10.1. The standard InChI is InChI=1S/C13H15NO4/c1-9-3-2-4-10(5-9)7-14-8-11(6-12(15)16)18-13(14)17/h2-5,11H,6-8H2,1H3,(H,15,16). The van der Waals surface area contributed by atoms with Gasteiger partial charge in [-0.2, -0.15) is 0 Å². The van der Waals surface area contributed by atoms with Crippen molar-refractivity contribution in [2.75, 3.05) is 6.54 Å². The van der Waals surface area contributed by atoms with E-state index in [2.05, 4.69) is 0 Å². The first-order chi connectivity index (χ1) is 8.54. The number of amides is 1. The lowest BCUT2D eigenvalue weighted by Crippen LogP contribution is -2.25. The summed E-state index contributed by atoms with van der Waals surface area (Å²) in [5, 5.41) is 8.66. The number of carbonyl (C=O) groups excluding carboxylic acids is 1. The summed E-state index contributed by atoms with van der Waals surface area (Å²) in [4.78, 5) is 23.7. The number of benzene rings is 1. The van der Waals surface area contributed by atoms with Gasteiger partial charge in [-0.1, -0.05) is 29.8 Å². The van der Waals surface area contributed by atoms with Crippen molar-refractivity contribution in [3.05, 3.63) is 35.4 Å². The first-order valence-electron chi connectivity index (χ1n) is 5.77. The van der Waals surface area contributed by atoms with Gasteiger partial charge in [-0.25, -0.2) is 4.79 Å². The normalized spacial score (nSPS) is 18.8. The van der Waals surface area contributed by atoms with Crippen LogP contribution >= 0.6 is 0 Å². The van der Waals surface area contributed by atoms with Crippen molar-refractivity contribution in [2.45, 2.75) is 26.0 Å². The number of aryl methyl sites for hydroxylation is 1. The molecule has 2 rings (SSSR count). The number of ether oxygens (including phenoxy) is 1. The summed E-state index contributed by atoms with van der Waals surface area (Å²) in [7, 11) is 0. The third kappa shape index (κ3) is 3.00. The summed E-state index contributed by atoms with van der Waals surface area (Å²) in [6, 6.07) is 7.85. The van der Waals surface area contributed by atoms with E-state index in [9.17, 15) is 9.59 Å². The number of carbonyl (C=O) groups is 2. The van der Waals surface area contributed by atoms with Crippen LogP contribution in [-0.4, -0.2) is 34.7 Å². The number of hydrogen-bond donors (Lipinski definition) is 1. The predicted molar refractivity (Wildman–Crippen MR) is 64.1 cm³/mol. The van der Waals surface area contributed by atoms with Gasteiger partial charge in [-0.05, 0) is 12.5 Å². The molecule has 1 amide bonds. The first kappa shape index (κ1) is 12.4. The Hall–Kier alpha value is -2.04. The monoisotopic (exact) mass is 249 g/mol. The third-order valence-corrected chi connectivity index (χ3v) is 2.81. The Balaban J connectivity index is 1.98. The van der Waals surface area contributed by atoms with Crippen molar-refractivity contribution in [3.8, 4) is 0 Å². The van der Waals surface area contributed by atoms with Crippen LogP contribution in [0.2, 0.25) is 0 Å². The molecular weight excluding hydrogens is 234 g/mol. The molecule has 1 saturated heterocycles. The van der Waals surface area contributed by atoms with Crippen LogP contribution < -0.4 is 0 Å². The van der Waals surface area contributed by atoms with Gasteiger partial charge in [-0.15, -0.1) is 0 Å². The summed E-state index contributed by atoms with van der Waals surface area (Å²) in [6.45, 7) is 2.77. The van der Waals surface area contributed by atoms with Crippen molar-refractivity contribution in [3.63, 3.8) is 0 Å². The van der Waals surface area contributed by atoms with Gasteiger partial charge in [-0.3, -0.25) is 4.79 Å². The van der Waals surface area contributed by atoms with Crippen molar-refractivity contribution < 1.29 is 19.4 Å². The minimum absolute atomic E-state index is 0.143. The molecule has 1 heterocycles. The first-order valence-corrected chi connectivity index (χ1v) is 5.77. The van der Waals surface area contributed by atoms with Gasteiger partial charge in [0.05, 0.1) is 13.0 Å². The van der Waals surface area contributed by atoms with Crippen molar-refractivity contribution in [1.29, 1.82) is 0 Å². The lowest BCUT2D eigenvalue weighted by atomic mass is 10.1. The molecule has 1 fully saturated rings. The highest BCUT2D eigenvalue weighted by molar-refractivity contribution is 5.72. The highest BCUT2D eigenvalue weighted by Gasteiger charge is 2.32. The van der Waals surface area contributed by atoms with E-state index in [4.69, 9.17) is 9.84 Å². The molecule has 0 bridgehead atoms. The van der Waals surface area contributed by atoms with Gasteiger partial charge in [0.2, 0.25) is 0 Å². The maximum atomic E-state index is 11.6. The quantitative estimate of drug-likeness (QED) is 0.883. The van der Waals surface area contributed by atoms with E-state index in [-0.39, 0.29) is 6.42 Å². The molecule has 0 saturated carbocycles. The molecule has 1 N–H and O–H groups in total. The van der Waals surface area contributed by atoms with E-state index in [0.717, 1.165) is 11.1 Å². The Kier molecular flexibility index (Phi) is 3.50. The van der Waals surface area contributed by atoms with Gasteiger partial charge in [0.25, 0.3) is 0 Å². The van der Waals surface area contributed by atoms with Crippen LogP contribution in [0.25, 0.3) is 0 Å². The minimum Gasteiger partial charge on any atom is -0.481 e. The molecule has 5 heteroatoms. The molecule has 1 aliphatic rings. The molecule has 1 atom stereocenters. The van der Waals surface area contributed by atoms with Crippen LogP contribution in [0.15, 0.2) is 24.3 Å². The van der Waals surface area contributed by atoms with Crippen LogP contribution in [0.1, 0.15) is 17.5 Å². The summed E-state index contributed by atoms with van der Waals surface area (Å²) in [5.41, 5.74) is 2.14. The fourth-order valence-electron chi connectivity index (χ4n) is 2.04. The summed E-state index contributed by atoms with van der Waals surface area (Å²) < 4.78 is 4.99. The predicted octanol–water partition coefficient (Wildman–Crippen LogP) is 1.79. The summed E-state index contributed by atoms with van der Waals surface area (Å²) in [6.07, 6.45) is -1.13. The molecule has 1 aromatic rings. The zero-order chi connectivity index (χ0) is 13.1. The summed E-state index contributed by atoms with van der Waals surface area (Å²) in [5.74, 6) is -0.954. The fraction of sp³-hybridized carbons (Fsp3) is 0.385. The van der Waals surface area contributed by atoms with E-state index in [1.54, 1.807) is 0 Å². The van der Waals surface area contributed by atoms with Gasteiger partial charge in [0.1, 0.15) is 6.10 Å². The number of carboxylic acid groups (broad SMARTS) is 1. The molecule has 1 unspecified atom stereocenters. The van der Waals surface area contributed by atoms with Crippen LogP contribution in [0.3, 0.4) is 0 Å². The molecule has 0 aliphatic carbocycles. The largest absolute Gasteiger partial charge is 0.481 e. The molecule has 0 spiro atoms. The van der Waals surface area contributed by atoms with Crippen LogP contribution in [0.5, 0.6) is 0 Å². The Morgan fingerprint density at radius 2 is 2.33 bits per heavy atom.